The van der Waals surface area contributed by atoms with Crippen LogP contribution in [-0.4, -0.2) is 40.6 Å². The number of carbonyl (C=O) groups excluding carboxylic acids is 1. The number of carboxylic acids is 1. The number of pyridine rings is 2. The Labute approximate surface area is 120 Å². The molecule has 2 rings (SSSR count). The van der Waals surface area contributed by atoms with Crippen molar-refractivity contribution >= 4 is 11.9 Å². The number of aliphatic carboxylic acids is 1. The first-order chi connectivity index (χ1) is 10.1. The highest BCUT2D eigenvalue weighted by Gasteiger charge is 2.09. The highest BCUT2D eigenvalue weighted by Crippen LogP contribution is 2.21. The molecular weight excluding hydrogens is 274 g/mol. The van der Waals surface area contributed by atoms with E-state index in [0.717, 1.165) is 11.1 Å². The first-order valence-corrected chi connectivity index (χ1v) is 6.05. The van der Waals surface area contributed by atoms with Crippen molar-refractivity contribution < 1.29 is 19.4 Å². The molecule has 0 aromatic carbocycles. The number of carboxylic acid groups (broad SMARTS) is 1. The lowest BCUT2D eigenvalue weighted by Crippen LogP contribution is -2.29. The Kier molecular flexibility index (Phi) is 4.45. The molecule has 7 nitrogen and oxygen atoms in total. The van der Waals surface area contributed by atoms with Gasteiger partial charge in [-0.15, -0.1) is 0 Å². The van der Waals surface area contributed by atoms with Crippen molar-refractivity contribution in [1.82, 2.24) is 15.3 Å². The van der Waals surface area contributed by atoms with Gasteiger partial charge in [0, 0.05) is 23.5 Å². The number of amides is 1. The van der Waals surface area contributed by atoms with E-state index in [2.05, 4.69) is 15.3 Å². The monoisotopic (exact) mass is 287 g/mol. The lowest BCUT2D eigenvalue weighted by molar-refractivity contribution is -0.135. The third kappa shape index (κ3) is 3.75. The molecular formula is C14H13N3O4. The van der Waals surface area contributed by atoms with Crippen molar-refractivity contribution in [1.29, 1.82) is 0 Å². The van der Waals surface area contributed by atoms with Crippen LogP contribution >= 0.6 is 0 Å². The third-order valence-electron chi connectivity index (χ3n) is 2.68. The zero-order valence-corrected chi connectivity index (χ0v) is 11.2. The molecule has 0 aliphatic rings. The van der Waals surface area contributed by atoms with E-state index in [4.69, 9.17) is 9.84 Å². The van der Waals surface area contributed by atoms with Crippen LogP contribution in [0.3, 0.4) is 0 Å². The molecule has 0 saturated carbocycles. The summed E-state index contributed by atoms with van der Waals surface area (Å²) in [6, 6.07) is 5.03. The van der Waals surface area contributed by atoms with Gasteiger partial charge in [0.1, 0.15) is 18.0 Å². The SMILES string of the molecule is COc1cncc(-c2ccc(C(=O)NCC(=O)O)nc2)c1. The smallest absolute Gasteiger partial charge is 0.322 e. The molecule has 7 heteroatoms. The van der Waals surface area contributed by atoms with Crippen LogP contribution in [0.2, 0.25) is 0 Å². The topological polar surface area (TPSA) is 101 Å². The molecule has 0 atom stereocenters. The predicted octanol–water partition coefficient (Wildman–Crippen LogP) is 0.967. The Morgan fingerprint density at radius 2 is 2.05 bits per heavy atom. The predicted molar refractivity (Wildman–Crippen MR) is 74.0 cm³/mol. The van der Waals surface area contributed by atoms with Crippen LogP contribution in [0, 0.1) is 0 Å². The maximum absolute atomic E-state index is 11.6. The maximum atomic E-state index is 11.6. The summed E-state index contributed by atoms with van der Waals surface area (Å²) in [4.78, 5) is 30.1. The van der Waals surface area contributed by atoms with Crippen LogP contribution in [0.5, 0.6) is 5.75 Å². The van der Waals surface area contributed by atoms with Crippen molar-refractivity contribution in [2.45, 2.75) is 0 Å². The Morgan fingerprint density at radius 3 is 2.67 bits per heavy atom. The van der Waals surface area contributed by atoms with Crippen molar-refractivity contribution in [3.63, 3.8) is 0 Å². The number of hydrogen-bond donors (Lipinski definition) is 2. The first-order valence-electron chi connectivity index (χ1n) is 6.05. The lowest BCUT2D eigenvalue weighted by atomic mass is 10.1. The summed E-state index contributed by atoms with van der Waals surface area (Å²) in [5.41, 5.74) is 1.73. The summed E-state index contributed by atoms with van der Waals surface area (Å²) < 4.78 is 5.09. The summed E-state index contributed by atoms with van der Waals surface area (Å²) in [5, 5.41) is 10.7. The molecule has 0 bridgehead atoms. The zero-order chi connectivity index (χ0) is 15.2. The molecule has 0 aliphatic carbocycles. The molecule has 0 spiro atoms. The van der Waals surface area contributed by atoms with E-state index in [0.29, 0.717) is 5.75 Å². The second kappa shape index (κ2) is 6.47. The van der Waals surface area contributed by atoms with Gasteiger partial charge in [-0.2, -0.15) is 0 Å². The van der Waals surface area contributed by atoms with E-state index in [9.17, 15) is 9.59 Å². The average molecular weight is 287 g/mol. The molecule has 2 aromatic rings. The standard InChI is InChI=1S/C14H13N3O4/c1-21-11-4-10(5-15-7-11)9-2-3-12(16-6-9)14(20)17-8-13(18)19/h2-7H,8H2,1H3,(H,17,20)(H,18,19). The van der Waals surface area contributed by atoms with Crippen LogP contribution in [0.15, 0.2) is 36.8 Å². The summed E-state index contributed by atoms with van der Waals surface area (Å²) in [5.74, 6) is -1.02. The van der Waals surface area contributed by atoms with Crippen LogP contribution in [0.4, 0.5) is 0 Å². The Hall–Kier alpha value is -2.96. The fourth-order valence-corrected chi connectivity index (χ4v) is 1.63. The minimum Gasteiger partial charge on any atom is -0.495 e. The highest BCUT2D eigenvalue weighted by atomic mass is 16.5. The van der Waals surface area contributed by atoms with Crippen LogP contribution in [-0.2, 0) is 4.79 Å². The quantitative estimate of drug-likeness (QED) is 0.849. The van der Waals surface area contributed by atoms with Gasteiger partial charge in [0.25, 0.3) is 5.91 Å². The number of rotatable bonds is 5. The maximum Gasteiger partial charge on any atom is 0.322 e. The minimum absolute atomic E-state index is 0.149. The van der Waals surface area contributed by atoms with Crippen LogP contribution in [0.1, 0.15) is 10.5 Å². The fourth-order valence-electron chi connectivity index (χ4n) is 1.63. The molecule has 0 fully saturated rings. The van der Waals surface area contributed by atoms with Crippen molar-refractivity contribution in [2.24, 2.45) is 0 Å². The second-order valence-electron chi connectivity index (χ2n) is 4.12. The van der Waals surface area contributed by atoms with E-state index in [1.165, 1.54) is 12.3 Å². The van der Waals surface area contributed by atoms with Gasteiger partial charge in [0.05, 0.1) is 13.3 Å². The van der Waals surface area contributed by atoms with Gasteiger partial charge in [-0.05, 0) is 12.1 Å². The molecule has 0 saturated heterocycles. The normalized spacial score (nSPS) is 9.95. The number of nitrogens with zero attached hydrogens (tertiary/aromatic N) is 2. The Balaban J connectivity index is 2.14. The van der Waals surface area contributed by atoms with E-state index in [1.807, 2.05) is 0 Å². The highest BCUT2D eigenvalue weighted by molar-refractivity contribution is 5.94. The van der Waals surface area contributed by atoms with Gasteiger partial charge >= 0.3 is 5.97 Å². The lowest BCUT2D eigenvalue weighted by Gasteiger charge is -2.05. The van der Waals surface area contributed by atoms with Crippen molar-refractivity contribution in [2.75, 3.05) is 13.7 Å². The Bertz CT molecular complexity index is 656. The summed E-state index contributed by atoms with van der Waals surface area (Å²) >= 11 is 0. The number of aromatic nitrogens is 2. The van der Waals surface area contributed by atoms with Crippen molar-refractivity contribution in [3.8, 4) is 16.9 Å². The van der Waals surface area contributed by atoms with Gasteiger partial charge < -0.3 is 15.2 Å². The van der Waals surface area contributed by atoms with Crippen LogP contribution < -0.4 is 10.1 Å². The number of carbonyl (C=O) groups is 2. The number of methoxy groups -OCH3 is 1. The van der Waals surface area contributed by atoms with E-state index < -0.39 is 18.4 Å². The molecule has 0 radical (unpaired) electrons. The van der Waals surface area contributed by atoms with Gasteiger partial charge in [0.15, 0.2) is 0 Å². The van der Waals surface area contributed by atoms with Gasteiger partial charge in [-0.3, -0.25) is 19.6 Å². The molecule has 1 amide bonds. The molecule has 0 unspecified atom stereocenters. The van der Waals surface area contributed by atoms with Gasteiger partial charge in [-0.1, -0.05) is 6.07 Å². The largest absolute Gasteiger partial charge is 0.495 e. The third-order valence-corrected chi connectivity index (χ3v) is 2.68. The number of ether oxygens (including phenoxy) is 1. The van der Waals surface area contributed by atoms with E-state index in [-0.39, 0.29) is 5.69 Å². The van der Waals surface area contributed by atoms with Gasteiger partial charge in [-0.25, -0.2) is 0 Å². The summed E-state index contributed by atoms with van der Waals surface area (Å²) in [6.07, 6.45) is 4.76. The van der Waals surface area contributed by atoms with Crippen LogP contribution in [0.25, 0.3) is 11.1 Å². The molecule has 2 aromatic heterocycles. The molecule has 2 heterocycles. The molecule has 2 N–H and O–H groups in total. The fraction of sp³-hybridized carbons (Fsp3) is 0.143. The zero-order valence-electron chi connectivity index (χ0n) is 11.2. The van der Waals surface area contributed by atoms with Gasteiger partial charge in [0.2, 0.25) is 0 Å². The molecule has 21 heavy (non-hydrogen) atoms. The number of hydrogen-bond acceptors (Lipinski definition) is 5. The van der Waals surface area contributed by atoms with E-state index >= 15 is 0 Å². The molecule has 108 valence electrons. The Morgan fingerprint density at radius 1 is 1.24 bits per heavy atom. The second-order valence-corrected chi connectivity index (χ2v) is 4.12. The average Bonchev–Trinajstić information content (AvgIpc) is 2.52. The summed E-state index contributed by atoms with van der Waals surface area (Å²) in [6.45, 7) is -0.442. The minimum atomic E-state index is -1.11. The number of nitrogens with one attached hydrogen (secondary N) is 1. The van der Waals surface area contributed by atoms with Crippen molar-refractivity contribution in [3.05, 3.63) is 42.5 Å². The first kappa shape index (κ1) is 14.4. The van der Waals surface area contributed by atoms with E-state index in [1.54, 1.807) is 31.6 Å². The summed E-state index contributed by atoms with van der Waals surface area (Å²) in [7, 11) is 1.55. The molecule has 0 aliphatic heterocycles.